The Labute approximate surface area is 126 Å². The standard InChI is InChI=1S/C15H17NO6/c17-11-4-8(5-12(18)14(11)20)13(19)9-6-16-2-1-7(9)3-10(16)15(21)22/h4-5,7,9-10,17-18,20H,1-3,6H2,(H,21,22). The Morgan fingerprint density at radius 2 is 1.77 bits per heavy atom. The van der Waals surface area contributed by atoms with Gasteiger partial charge in [0.2, 0.25) is 0 Å². The third kappa shape index (κ3) is 2.27. The van der Waals surface area contributed by atoms with Crippen LogP contribution in [0.2, 0.25) is 0 Å². The van der Waals surface area contributed by atoms with Crippen LogP contribution in [0.5, 0.6) is 17.2 Å². The Morgan fingerprint density at radius 1 is 1.14 bits per heavy atom. The van der Waals surface area contributed by atoms with Crippen molar-refractivity contribution in [1.29, 1.82) is 0 Å². The first-order chi connectivity index (χ1) is 10.4. The average molecular weight is 307 g/mol. The largest absolute Gasteiger partial charge is 0.504 e. The third-order valence-corrected chi connectivity index (χ3v) is 4.73. The van der Waals surface area contributed by atoms with Gasteiger partial charge < -0.3 is 20.4 Å². The van der Waals surface area contributed by atoms with Crippen LogP contribution in [-0.4, -0.2) is 56.2 Å². The van der Waals surface area contributed by atoms with Crippen molar-refractivity contribution < 1.29 is 30.0 Å². The van der Waals surface area contributed by atoms with Crippen LogP contribution >= 0.6 is 0 Å². The lowest BCUT2D eigenvalue weighted by Gasteiger charge is -2.47. The molecule has 3 saturated heterocycles. The van der Waals surface area contributed by atoms with E-state index in [0.29, 0.717) is 19.5 Å². The highest BCUT2D eigenvalue weighted by atomic mass is 16.4. The number of hydrogen-bond donors (Lipinski definition) is 4. The number of nitrogens with zero attached hydrogens (tertiary/aromatic N) is 1. The summed E-state index contributed by atoms with van der Waals surface area (Å²) in [7, 11) is 0. The Morgan fingerprint density at radius 3 is 2.27 bits per heavy atom. The van der Waals surface area contributed by atoms with Crippen LogP contribution in [0.25, 0.3) is 0 Å². The minimum Gasteiger partial charge on any atom is -0.504 e. The van der Waals surface area contributed by atoms with E-state index < -0.39 is 29.3 Å². The van der Waals surface area contributed by atoms with Crippen LogP contribution in [0.4, 0.5) is 0 Å². The van der Waals surface area contributed by atoms with Gasteiger partial charge in [0, 0.05) is 18.0 Å². The molecule has 0 spiro atoms. The monoisotopic (exact) mass is 307 g/mol. The first-order valence-electron chi connectivity index (χ1n) is 7.14. The van der Waals surface area contributed by atoms with Gasteiger partial charge in [-0.3, -0.25) is 14.5 Å². The Bertz CT molecular complexity index is 620. The Balaban J connectivity index is 1.84. The molecule has 4 N–H and O–H groups in total. The minimum absolute atomic E-state index is 0.0170. The summed E-state index contributed by atoms with van der Waals surface area (Å²) in [5.74, 6) is -3.23. The maximum Gasteiger partial charge on any atom is 0.320 e. The Hall–Kier alpha value is -2.28. The van der Waals surface area contributed by atoms with Crippen LogP contribution < -0.4 is 0 Å². The molecule has 118 valence electrons. The molecular weight excluding hydrogens is 290 g/mol. The zero-order valence-corrected chi connectivity index (χ0v) is 11.8. The van der Waals surface area contributed by atoms with Crippen molar-refractivity contribution >= 4 is 11.8 Å². The van der Waals surface area contributed by atoms with Crippen molar-refractivity contribution in [2.24, 2.45) is 11.8 Å². The summed E-state index contributed by atoms with van der Waals surface area (Å²) in [4.78, 5) is 25.6. The maximum atomic E-state index is 12.6. The Kier molecular flexibility index (Phi) is 3.44. The molecule has 0 amide bonds. The molecule has 0 aromatic heterocycles. The number of phenols is 3. The fraction of sp³-hybridized carbons (Fsp3) is 0.467. The second-order valence-electron chi connectivity index (χ2n) is 5.97. The molecule has 4 unspecified atom stereocenters. The summed E-state index contributed by atoms with van der Waals surface area (Å²) in [6.45, 7) is 1.03. The number of fused-ring (bicyclic) bond motifs is 3. The van der Waals surface area contributed by atoms with Gasteiger partial charge in [0.25, 0.3) is 0 Å². The summed E-state index contributed by atoms with van der Waals surface area (Å²) in [5, 5.41) is 37.6. The number of ketones is 1. The number of phenolic OH excluding ortho intramolecular Hbond substituents is 3. The van der Waals surface area contributed by atoms with Crippen LogP contribution in [0.15, 0.2) is 12.1 Å². The van der Waals surface area contributed by atoms with E-state index in [2.05, 4.69) is 0 Å². The molecule has 4 atom stereocenters. The number of carbonyl (C=O) groups is 2. The van der Waals surface area contributed by atoms with E-state index in [9.17, 15) is 30.0 Å². The molecule has 3 fully saturated rings. The topological polar surface area (TPSA) is 118 Å². The van der Waals surface area contributed by atoms with Crippen molar-refractivity contribution in [3.8, 4) is 17.2 Å². The van der Waals surface area contributed by atoms with Crippen LogP contribution in [0.3, 0.4) is 0 Å². The first-order valence-corrected chi connectivity index (χ1v) is 7.14. The molecule has 1 aromatic rings. The lowest BCUT2D eigenvalue weighted by molar-refractivity contribution is -0.148. The lowest BCUT2D eigenvalue weighted by Crippen LogP contribution is -2.57. The van der Waals surface area contributed by atoms with Crippen molar-refractivity contribution in [3.63, 3.8) is 0 Å². The van der Waals surface area contributed by atoms with Crippen molar-refractivity contribution in [2.75, 3.05) is 13.1 Å². The summed E-state index contributed by atoms with van der Waals surface area (Å²) in [6, 6.07) is 1.72. The number of piperidine rings is 3. The van der Waals surface area contributed by atoms with Crippen LogP contribution in [-0.2, 0) is 4.79 Å². The van der Waals surface area contributed by atoms with E-state index in [1.54, 1.807) is 4.90 Å². The lowest BCUT2D eigenvalue weighted by atomic mass is 9.72. The molecule has 0 radical (unpaired) electrons. The van der Waals surface area contributed by atoms with E-state index in [4.69, 9.17) is 0 Å². The summed E-state index contributed by atoms with van der Waals surface area (Å²) >= 11 is 0. The van der Waals surface area contributed by atoms with Gasteiger partial charge in [-0.05, 0) is 37.4 Å². The SMILES string of the molecule is O=C(c1cc(O)c(O)c(O)c1)C1CN2CCC1CC2C(=O)O. The number of hydrogen-bond acceptors (Lipinski definition) is 6. The minimum atomic E-state index is -0.865. The van der Waals surface area contributed by atoms with E-state index in [-0.39, 0.29) is 23.2 Å². The predicted octanol–water partition coefficient (Wildman–Crippen LogP) is 0.781. The van der Waals surface area contributed by atoms with Gasteiger partial charge in [-0.15, -0.1) is 0 Å². The second-order valence-corrected chi connectivity index (χ2v) is 5.97. The van der Waals surface area contributed by atoms with Crippen molar-refractivity contribution in [1.82, 2.24) is 4.90 Å². The van der Waals surface area contributed by atoms with Gasteiger partial charge in [0.1, 0.15) is 6.04 Å². The van der Waals surface area contributed by atoms with E-state index in [1.807, 2.05) is 0 Å². The van der Waals surface area contributed by atoms with E-state index >= 15 is 0 Å². The molecule has 0 saturated carbocycles. The van der Waals surface area contributed by atoms with Crippen LogP contribution in [0, 0.1) is 11.8 Å². The normalized spacial score (nSPS) is 30.2. The van der Waals surface area contributed by atoms with Gasteiger partial charge in [0.05, 0.1) is 0 Å². The fourth-order valence-electron chi connectivity index (χ4n) is 3.54. The van der Waals surface area contributed by atoms with Crippen LogP contribution in [0.1, 0.15) is 23.2 Å². The highest BCUT2D eigenvalue weighted by molar-refractivity contribution is 5.99. The highest BCUT2D eigenvalue weighted by Crippen LogP contribution is 2.40. The number of benzene rings is 1. The molecule has 3 aliphatic rings. The zero-order valence-electron chi connectivity index (χ0n) is 11.8. The smallest absolute Gasteiger partial charge is 0.320 e. The molecule has 7 nitrogen and oxygen atoms in total. The van der Waals surface area contributed by atoms with Crippen molar-refractivity contribution in [2.45, 2.75) is 18.9 Å². The number of aliphatic carboxylic acids is 1. The number of carboxylic acid groups (broad SMARTS) is 1. The summed E-state index contributed by atoms with van der Waals surface area (Å²) < 4.78 is 0. The molecule has 2 bridgehead atoms. The van der Waals surface area contributed by atoms with E-state index in [1.165, 1.54) is 0 Å². The predicted molar refractivity (Wildman–Crippen MR) is 75.0 cm³/mol. The molecule has 7 heteroatoms. The zero-order chi connectivity index (χ0) is 16.0. The van der Waals surface area contributed by atoms with Gasteiger partial charge in [0.15, 0.2) is 23.0 Å². The second kappa shape index (κ2) is 5.17. The third-order valence-electron chi connectivity index (χ3n) is 4.73. The summed E-state index contributed by atoms with van der Waals surface area (Å²) in [5.41, 5.74) is 0.124. The maximum absolute atomic E-state index is 12.6. The quantitative estimate of drug-likeness (QED) is 0.481. The average Bonchev–Trinajstić information content (AvgIpc) is 2.51. The van der Waals surface area contributed by atoms with Crippen molar-refractivity contribution in [3.05, 3.63) is 17.7 Å². The molecule has 4 rings (SSSR count). The number of carboxylic acids is 1. The number of aromatic hydroxyl groups is 3. The summed E-state index contributed by atoms with van der Waals surface area (Å²) in [6.07, 6.45) is 1.19. The number of Topliss-reactive ketones (excluding diaryl/α,β-unsaturated/α-hetero) is 1. The molecule has 22 heavy (non-hydrogen) atoms. The molecule has 1 aromatic carbocycles. The van der Waals surface area contributed by atoms with Gasteiger partial charge >= 0.3 is 5.97 Å². The fourth-order valence-corrected chi connectivity index (χ4v) is 3.54. The highest BCUT2D eigenvalue weighted by Gasteiger charge is 2.45. The first kappa shape index (κ1) is 14.6. The molecular formula is C15H17NO6. The van der Waals surface area contributed by atoms with Gasteiger partial charge in [-0.2, -0.15) is 0 Å². The molecule has 3 aliphatic heterocycles. The van der Waals surface area contributed by atoms with E-state index in [0.717, 1.165) is 18.6 Å². The molecule has 0 aliphatic carbocycles. The number of carbonyl (C=O) groups excluding carboxylic acids is 1. The molecule has 3 heterocycles. The van der Waals surface area contributed by atoms with Gasteiger partial charge in [-0.1, -0.05) is 0 Å². The number of rotatable bonds is 3. The van der Waals surface area contributed by atoms with Gasteiger partial charge in [-0.25, -0.2) is 0 Å².